The largest absolute Gasteiger partial charge is 0.494 e. The molecule has 0 aliphatic rings. The van der Waals surface area contributed by atoms with Crippen LogP contribution in [0.5, 0.6) is 5.75 Å². The average Bonchev–Trinajstić information content (AvgIpc) is 3.20. The molecule has 0 atom stereocenters. The number of nitrogens with zero attached hydrogens (tertiary/aromatic N) is 5. The fraction of sp³-hybridized carbons (Fsp3) is 0.150. The smallest absolute Gasteiger partial charge is 0.337 e. The summed E-state index contributed by atoms with van der Waals surface area (Å²) in [6.45, 7) is 0.0724. The number of halogens is 2. The Labute approximate surface area is 183 Å². The lowest BCUT2D eigenvalue weighted by Crippen LogP contribution is -2.39. The van der Waals surface area contributed by atoms with E-state index in [0.29, 0.717) is 16.0 Å². The molecule has 0 amide bonds. The minimum atomic E-state index is -0.639. The van der Waals surface area contributed by atoms with E-state index in [1.54, 1.807) is 6.07 Å². The topological polar surface area (TPSA) is 103 Å². The molecule has 0 N–H and O–H groups in total. The van der Waals surface area contributed by atoms with Gasteiger partial charge in [-0.1, -0.05) is 11.6 Å². The first kappa shape index (κ1) is 20.7. The standard InChI is InChI=1S/C20H13ClFN5O3S/c1-30-15-7-11(12(21)8-13(15)22)16-9-14-18(31-16)19(28)27(17-10-24-4-5-25-17)20(29)26(14)6-2-3-23/h4-5,7-10H,2,6H2,1H3. The molecule has 0 unspecified atom stereocenters. The van der Waals surface area contributed by atoms with Gasteiger partial charge in [0.05, 0.1) is 36.3 Å². The highest BCUT2D eigenvalue weighted by molar-refractivity contribution is 7.22. The van der Waals surface area contributed by atoms with Crippen molar-refractivity contribution in [3.63, 3.8) is 0 Å². The maximum absolute atomic E-state index is 14.0. The summed E-state index contributed by atoms with van der Waals surface area (Å²) < 4.78 is 21.5. The number of nitriles is 1. The second kappa shape index (κ2) is 8.29. The number of fused-ring (bicyclic) bond motifs is 1. The third kappa shape index (κ3) is 3.58. The van der Waals surface area contributed by atoms with Crippen LogP contribution >= 0.6 is 22.9 Å². The molecule has 0 aliphatic carbocycles. The predicted octanol–water partition coefficient (Wildman–Crippen LogP) is 3.39. The zero-order chi connectivity index (χ0) is 22.1. The van der Waals surface area contributed by atoms with E-state index in [4.69, 9.17) is 21.6 Å². The van der Waals surface area contributed by atoms with Gasteiger partial charge in [0.2, 0.25) is 0 Å². The summed E-state index contributed by atoms with van der Waals surface area (Å²) in [7, 11) is 1.33. The first-order valence-corrected chi connectivity index (χ1v) is 10.1. The normalized spacial score (nSPS) is 10.9. The van der Waals surface area contributed by atoms with Crippen molar-refractivity contribution in [2.75, 3.05) is 7.11 Å². The second-order valence-electron chi connectivity index (χ2n) is 6.34. The van der Waals surface area contributed by atoms with Crippen molar-refractivity contribution in [3.8, 4) is 28.1 Å². The predicted molar refractivity (Wildman–Crippen MR) is 114 cm³/mol. The van der Waals surface area contributed by atoms with Gasteiger partial charge in [-0.05, 0) is 18.2 Å². The Morgan fingerprint density at radius 1 is 1.29 bits per heavy atom. The second-order valence-corrected chi connectivity index (χ2v) is 7.80. The third-order valence-corrected chi connectivity index (χ3v) is 6.01. The highest BCUT2D eigenvalue weighted by atomic mass is 35.5. The lowest BCUT2D eigenvalue weighted by Gasteiger charge is -2.09. The summed E-state index contributed by atoms with van der Waals surface area (Å²) in [5.41, 5.74) is -0.411. The van der Waals surface area contributed by atoms with Gasteiger partial charge >= 0.3 is 5.69 Å². The molecule has 156 valence electrons. The van der Waals surface area contributed by atoms with Crippen LogP contribution in [0.3, 0.4) is 0 Å². The molecule has 0 saturated heterocycles. The molecule has 0 spiro atoms. The van der Waals surface area contributed by atoms with Crippen molar-refractivity contribution in [2.24, 2.45) is 0 Å². The molecule has 3 heterocycles. The van der Waals surface area contributed by atoms with Crippen LogP contribution in [0.1, 0.15) is 6.42 Å². The van der Waals surface area contributed by atoms with Crippen molar-refractivity contribution >= 4 is 33.2 Å². The number of methoxy groups -OCH3 is 1. The number of aromatic nitrogens is 4. The highest BCUT2D eigenvalue weighted by Crippen LogP contribution is 2.38. The van der Waals surface area contributed by atoms with Gasteiger partial charge in [-0.25, -0.2) is 18.7 Å². The molecule has 11 heteroatoms. The van der Waals surface area contributed by atoms with E-state index in [2.05, 4.69) is 9.97 Å². The lowest BCUT2D eigenvalue weighted by molar-refractivity contribution is 0.387. The quantitative estimate of drug-likeness (QED) is 0.455. The Balaban J connectivity index is 2.04. The van der Waals surface area contributed by atoms with E-state index in [9.17, 15) is 14.0 Å². The SMILES string of the molecule is COc1cc(-c2cc3c(s2)c(=O)n(-c2cnccn2)c(=O)n3CCC#N)c(Cl)cc1F. The van der Waals surface area contributed by atoms with Crippen LogP contribution in [0.4, 0.5) is 4.39 Å². The first-order chi connectivity index (χ1) is 15.0. The summed E-state index contributed by atoms with van der Waals surface area (Å²) in [5, 5.41) is 9.14. The van der Waals surface area contributed by atoms with Crippen molar-refractivity contribution in [3.05, 3.63) is 68.5 Å². The van der Waals surface area contributed by atoms with Crippen LogP contribution in [-0.4, -0.2) is 26.2 Å². The third-order valence-electron chi connectivity index (χ3n) is 4.56. The van der Waals surface area contributed by atoms with Crippen molar-refractivity contribution < 1.29 is 9.13 Å². The Bertz CT molecular complexity index is 1460. The van der Waals surface area contributed by atoms with E-state index in [-0.39, 0.29) is 34.3 Å². The number of ether oxygens (including phenoxy) is 1. The van der Waals surface area contributed by atoms with Gasteiger partial charge < -0.3 is 4.74 Å². The number of thiophene rings is 1. The van der Waals surface area contributed by atoms with Gasteiger partial charge in [0.1, 0.15) is 4.70 Å². The average molecular weight is 458 g/mol. The lowest BCUT2D eigenvalue weighted by atomic mass is 10.1. The summed E-state index contributed by atoms with van der Waals surface area (Å²) in [4.78, 5) is 34.8. The van der Waals surface area contributed by atoms with Crippen LogP contribution in [0, 0.1) is 17.1 Å². The van der Waals surface area contributed by atoms with E-state index in [1.165, 1.54) is 36.3 Å². The number of hydrogen-bond acceptors (Lipinski definition) is 7. The Morgan fingerprint density at radius 3 is 2.77 bits per heavy atom. The van der Waals surface area contributed by atoms with E-state index in [1.807, 2.05) is 6.07 Å². The van der Waals surface area contributed by atoms with Crippen LogP contribution in [0.25, 0.3) is 26.5 Å². The molecule has 0 radical (unpaired) electrons. The van der Waals surface area contributed by atoms with Crippen molar-refractivity contribution in [1.29, 1.82) is 5.26 Å². The van der Waals surface area contributed by atoms with E-state index >= 15 is 0 Å². The van der Waals surface area contributed by atoms with Crippen LogP contribution in [0.2, 0.25) is 5.02 Å². The molecule has 31 heavy (non-hydrogen) atoms. The molecule has 3 aromatic heterocycles. The molecule has 0 aliphatic heterocycles. The molecule has 0 fully saturated rings. The van der Waals surface area contributed by atoms with E-state index < -0.39 is 17.1 Å². The molecule has 0 bridgehead atoms. The molecule has 0 saturated carbocycles. The minimum absolute atomic E-state index is 0.00398. The fourth-order valence-electron chi connectivity index (χ4n) is 3.14. The zero-order valence-electron chi connectivity index (χ0n) is 16.0. The Morgan fingerprint density at radius 2 is 2.10 bits per heavy atom. The number of benzene rings is 1. The van der Waals surface area contributed by atoms with Gasteiger partial charge in [-0.2, -0.15) is 5.26 Å². The monoisotopic (exact) mass is 457 g/mol. The minimum Gasteiger partial charge on any atom is -0.494 e. The fourth-order valence-corrected chi connectivity index (χ4v) is 4.57. The van der Waals surface area contributed by atoms with Crippen LogP contribution in [0.15, 0.2) is 46.4 Å². The number of rotatable bonds is 5. The van der Waals surface area contributed by atoms with Crippen LogP contribution < -0.4 is 16.0 Å². The van der Waals surface area contributed by atoms with Gasteiger partial charge in [0.25, 0.3) is 5.56 Å². The summed E-state index contributed by atoms with van der Waals surface area (Å²) in [5.74, 6) is -0.550. The Kier molecular flexibility index (Phi) is 5.54. The first-order valence-electron chi connectivity index (χ1n) is 8.92. The number of hydrogen-bond donors (Lipinski definition) is 0. The molecule has 4 aromatic rings. The maximum Gasteiger partial charge on any atom is 0.337 e. The van der Waals surface area contributed by atoms with Crippen molar-refractivity contribution in [2.45, 2.75) is 13.0 Å². The van der Waals surface area contributed by atoms with Gasteiger partial charge in [-0.3, -0.25) is 14.3 Å². The van der Waals surface area contributed by atoms with Gasteiger partial charge in [0, 0.05) is 29.4 Å². The molecule has 4 rings (SSSR count). The Hall–Kier alpha value is -3.55. The summed E-state index contributed by atoms with van der Waals surface area (Å²) in [6.07, 6.45) is 4.16. The van der Waals surface area contributed by atoms with Gasteiger partial charge in [-0.15, -0.1) is 11.3 Å². The summed E-state index contributed by atoms with van der Waals surface area (Å²) >= 11 is 7.33. The highest BCUT2D eigenvalue weighted by Gasteiger charge is 2.20. The molecular formula is C20H13ClFN5O3S. The van der Waals surface area contributed by atoms with Crippen LogP contribution in [-0.2, 0) is 6.54 Å². The van der Waals surface area contributed by atoms with Crippen molar-refractivity contribution in [1.82, 2.24) is 19.1 Å². The molecular weight excluding hydrogens is 445 g/mol. The zero-order valence-corrected chi connectivity index (χ0v) is 17.6. The number of aryl methyl sites for hydroxylation is 1. The summed E-state index contributed by atoms with van der Waals surface area (Å²) in [6, 6.07) is 6.18. The molecule has 8 nitrogen and oxygen atoms in total. The van der Waals surface area contributed by atoms with E-state index in [0.717, 1.165) is 22.0 Å². The molecule has 1 aromatic carbocycles. The maximum atomic E-state index is 14.0. The van der Waals surface area contributed by atoms with Gasteiger partial charge in [0.15, 0.2) is 17.4 Å².